The van der Waals surface area contributed by atoms with Crippen molar-refractivity contribution in [1.82, 2.24) is 14.7 Å². The van der Waals surface area contributed by atoms with Gasteiger partial charge in [0.1, 0.15) is 11.4 Å². The number of nitrogens with zero attached hydrogens (tertiary/aromatic N) is 4. The summed E-state index contributed by atoms with van der Waals surface area (Å²) >= 11 is 0. The zero-order chi connectivity index (χ0) is 13.4. The summed E-state index contributed by atoms with van der Waals surface area (Å²) in [4.78, 5) is 1.25. The highest BCUT2D eigenvalue weighted by molar-refractivity contribution is 5.25. The molecular weight excluding hydrogens is 247 g/mol. The van der Waals surface area contributed by atoms with Crippen LogP contribution in [0.1, 0.15) is 6.42 Å². The average molecular weight is 259 g/mol. The summed E-state index contributed by atoms with van der Waals surface area (Å²) in [6, 6.07) is 3.55. The molecule has 1 saturated heterocycles. The van der Waals surface area contributed by atoms with Crippen molar-refractivity contribution in [2.24, 2.45) is 0 Å². The maximum absolute atomic E-state index is 12.2. The second-order valence-electron chi connectivity index (χ2n) is 4.50. The quantitative estimate of drug-likeness (QED) is 0.877. The summed E-state index contributed by atoms with van der Waals surface area (Å²) < 4.78 is 38.2. The van der Waals surface area contributed by atoms with Crippen molar-refractivity contribution in [3.63, 3.8) is 0 Å². The lowest BCUT2D eigenvalue weighted by molar-refractivity contribution is -0.167. The molecule has 1 fully saturated rings. The van der Waals surface area contributed by atoms with Crippen molar-refractivity contribution in [1.29, 1.82) is 5.26 Å². The summed E-state index contributed by atoms with van der Waals surface area (Å²) in [5.41, 5.74) is 4.80. The fourth-order valence-electron chi connectivity index (χ4n) is 2.24. The van der Waals surface area contributed by atoms with E-state index in [1.807, 2.05) is 6.07 Å². The van der Waals surface area contributed by atoms with Gasteiger partial charge in [-0.25, -0.2) is 0 Å². The number of halogens is 3. The van der Waals surface area contributed by atoms with Gasteiger partial charge in [-0.2, -0.15) is 23.5 Å². The zero-order valence-electron chi connectivity index (χ0n) is 9.48. The minimum atomic E-state index is -4.22. The molecule has 2 rings (SSSR count). The van der Waals surface area contributed by atoms with Crippen molar-refractivity contribution in [2.75, 3.05) is 25.4 Å². The van der Waals surface area contributed by atoms with Gasteiger partial charge in [0, 0.05) is 19.3 Å². The molecule has 0 atom stereocenters. The van der Waals surface area contributed by atoms with Gasteiger partial charge in [0.2, 0.25) is 0 Å². The minimum absolute atomic E-state index is 0.114. The molecule has 1 aliphatic heterocycles. The molecule has 0 saturated carbocycles. The first-order valence-corrected chi connectivity index (χ1v) is 5.32. The summed E-state index contributed by atoms with van der Waals surface area (Å²) in [5.74, 6) is 0.293. The molecule has 0 bridgehead atoms. The van der Waals surface area contributed by atoms with Crippen LogP contribution in [-0.4, -0.2) is 40.5 Å². The Balaban J connectivity index is 2.08. The highest BCUT2D eigenvalue weighted by Crippen LogP contribution is 2.34. The lowest BCUT2D eigenvalue weighted by atomic mass is 9.87. The number of likely N-dealkylation sites (tertiary alicyclic amines) is 1. The van der Waals surface area contributed by atoms with Gasteiger partial charge in [0.25, 0.3) is 0 Å². The van der Waals surface area contributed by atoms with E-state index in [-0.39, 0.29) is 19.5 Å². The Bertz CT molecular complexity index is 467. The topological polar surface area (TPSA) is 70.9 Å². The first kappa shape index (κ1) is 12.7. The Labute approximate surface area is 102 Å². The standard InChI is InChI=1S/C10H12F3N5/c11-10(12,13)7-17-5-9(6-17,2-3-14)18-4-1-8(15)16-18/h1,4H,2,5-7H2,(H2,15,16). The van der Waals surface area contributed by atoms with E-state index in [0.717, 1.165) is 0 Å². The molecule has 1 aromatic heterocycles. The van der Waals surface area contributed by atoms with Crippen molar-refractivity contribution < 1.29 is 13.2 Å². The fourth-order valence-corrected chi connectivity index (χ4v) is 2.24. The molecular formula is C10H12F3N5. The number of nitriles is 1. The third kappa shape index (κ3) is 2.41. The molecule has 1 aromatic rings. The Morgan fingerprint density at radius 3 is 2.61 bits per heavy atom. The van der Waals surface area contributed by atoms with Gasteiger partial charge >= 0.3 is 6.18 Å². The summed E-state index contributed by atoms with van der Waals surface area (Å²) in [5, 5.41) is 12.8. The number of alkyl halides is 3. The van der Waals surface area contributed by atoms with E-state index in [1.165, 1.54) is 9.58 Å². The molecule has 2 N–H and O–H groups in total. The van der Waals surface area contributed by atoms with E-state index in [0.29, 0.717) is 5.82 Å². The molecule has 0 aromatic carbocycles. The number of aromatic nitrogens is 2. The van der Waals surface area contributed by atoms with Gasteiger partial charge < -0.3 is 5.73 Å². The van der Waals surface area contributed by atoms with E-state index in [4.69, 9.17) is 11.0 Å². The van der Waals surface area contributed by atoms with E-state index in [1.54, 1.807) is 12.3 Å². The first-order chi connectivity index (χ1) is 8.35. The number of hydrogen-bond donors (Lipinski definition) is 1. The van der Waals surface area contributed by atoms with Gasteiger partial charge in [0.05, 0.1) is 19.0 Å². The van der Waals surface area contributed by atoms with Crippen molar-refractivity contribution in [2.45, 2.75) is 18.1 Å². The Kier molecular flexibility index (Phi) is 2.94. The van der Waals surface area contributed by atoms with Crippen LogP contribution in [0.25, 0.3) is 0 Å². The van der Waals surface area contributed by atoms with E-state index < -0.39 is 18.3 Å². The summed E-state index contributed by atoms with van der Waals surface area (Å²) in [6.45, 7) is -0.653. The van der Waals surface area contributed by atoms with Crippen molar-refractivity contribution in [3.05, 3.63) is 12.3 Å². The molecule has 0 aliphatic carbocycles. The maximum Gasteiger partial charge on any atom is 0.401 e. The SMILES string of the molecule is N#CCC1(n2ccc(N)n2)CN(CC(F)(F)F)C1. The number of hydrogen-bond acceptors (Lipinski definition) is 4. The third-order valence-corrected chi connectivity index (χ3v) is 2.94. The minimum Gasteiger partial charge on any atom is -0.382 e. The second-order valence-corrected chi connectivity index (χ2v) is 4.50. The van der Waals surface area contributed by atoms with Gasteiger partial charge in [-0.05, 0) is 6.07 Å². The highest BCUT2D eigenvalue weighted by atomic mass is 19.4. The molecule has 98 valence electrons. The third-order valence-electron chi connectivity index (χ3n) is 2.94. The van der Waals surface area contributed by atoms with Crippen LogP contribution in [0, 0.1) is 11.3 Å². The molecule has 18 heavy (non-hydrogen) atoms. The van der Waals surface area contributed by atoms with E-state index in [9.17, 15) is 13.2 Å². The molecule has 5 nitrogen and oxygen atoms in total. The first-order valence-electron chi connectivity index (χ1n) is 5.32. The lowest BCUT2D eigenvalue weighted by Gasteiger charge is -2.49. The largest absolute Gasteiger partial charge is 0.401 e. The Morgan fingerprint density at radius 1 is 1.50 bits per heavy atom. The lowest BCUT2D eigenvalue weighted by Crippen LogP contribution is -2.64. The smallest absolute Gasteiger partial charge is 0.382 e. The normalized spacial score (nSPS) is 19.2. The number of nitrogen functional groups attached to an aromatic ring is 1. The van der Waals surface area contributed by atoms with Crippen LogP contribution in [-0.2, 0) is 5.54 Å². The second kappa shape index (κ2) is 4.17. The fraction of sp³-hybridized carbons (Fsp3) is 0.600. The van der Waals surface area contributed by atoms with Gasteiger partial charge in [0.15, 0.2) is 0 Å². The predicted octanol–water partition coefficient (Wildman–Crippen LogP) is 0.952. The Hall–Kier alpha value is -1.75. The number of anilines is 1. The highest BCUT2D eigenvalue weighted by Gasteiger charge is 2.48. The molecule has 8 heteroatoms. The van der Waals surface area contributed by atoms with Gasteiger partial charge in [-0.3, -0.25) is 9.58 Å². The molecule has 0 unspecified atom stereocenters. The molecule has 1 aliphatic rings. The number of rotatable bonds is 3. The summed E-state index contributed by atoms with van der Waals surface area (Å²) in [6.07, 6.45) is -2.51. The van der Waals surface area contributed by atoms with Gasteiger partial charge in [-0.15, -0.1) is 0 Å². The Morgan fingerprint density at radius 2 is 2.17 bits per heavy atom. The van der Waals surface area contributed by atoms with E-state index >= 15 is 0 Å². The molecule has 0 spiro atoms. The predicted molar refractivity (Wildman–Crippen MR) is 57.3 cm³/mol. The monoisotopic (exact) mass is 259 g/mol. The average Bonchev–Trinajstić information content (AvgIpc) is 2.59. The van der Waals surface area contributed by atoms with Crippen LogP contribution < -0.4 is 5.73 Å². The van der Waals surface area contributed by atoms with Gasteiger partial charge in [-0.1, -0.05) is 0 Å². The summed E-state index contributed by atoms with van der Waals surface area (Å²) in [7, 11) is 0. The molecule has 0 radical (unpaired) electrons. The van der Waals surface area contributed by atoms with Crippen molar-refractivity contribution >= 4 is 5.82 Å². The van der Waals surface area contributed by atoms with Crippen LogP contribution in [0.3, 0.4) is 0 Å². The van der Waals surface area contributed by atoms with Crippen LogP contribution in [0.5, 0.6) is 0 Å². The van der Waals surface area contributed by atoms with Crippen LogP contribution in [0.4, 0.5) is 19.0 Å². The van der Waals surface area contributed by atoms with Crippen LogP contribution in [0.15, 0.2) is 12.3 Å². The van der Waals surface area contributed by atoms with Crippen LogP contribution >= 0.6 is 0 Å². The number of nitrogens with two attached hydrogens (primary N) is 1. The van der Waals surface area contributed by atoms with Crippen LogP contribution in [0.2, 0.25) is 0 Å². The molecule has 0 amide bonds. The molecule has 2 heterocycles. The van der Waals surface area contributed by atoms with E-state index in [2.05, 4.69) is 5.10 Å². The maximum atomic E-state index is 12.2. The van der Waals surface area contributed by atoms with Crippen molar-refractivity contribution in [3.8, 4) is 6.07 Å². The zero-order valence-corrected chi connectivity index (χ0v) is 9.48.